The van der Waals surface area contributed by atoms with E-state index in [-0.39, 0.29) is 5.69 Å². The van der Waals surface area contributed by atoms with Crippen LogP contribution in [0.3, 0.4) is 0 Å². The Bertz CT molecular complexity index is 1350. The van der Waals surface area contributed by atoms with Gasteiger partial charge in [0.25, 0.3) is 0 Å². The average Bonchev–Trinajstić information content (AvgIpc) is 3.60. The first kappa shape index (κ1) is 28.8. The summed E-state index contributed by atoms with van der Waals surface area (Å²) >= 11 is 0. The van der Waals surface area contributed by atoms with Gasteiger partial charge in [-0.05, 0) is 81.5 Å². The predicted molar refractivity (Wildman–Crippen MR) is 161 cm³/mol. The summed E-state index contributed by atoms with van der Waals surface area (Å²) in [6.45, 7) is 10.3. The molecule has 7 nitrogen and oxygen atoms in total. The van der Waals surface area contributed by atoms with E-state index in [1.54, 1.807) is 24.9 Å². The van der Waals surface area contributed by atoms with Crippen LogP contribution in [0.15, 0.2) is 59.8 Å². The molecule has 7 heteroatoms. The van der Waals surface area contributed by atoms with Crippen molar-refractivity contribution < 1.29 is 9.47 Å². The average molecular weight is 533 g/mol. The van der Waals surface area contributed by atoms with Crippen LogP contribution in [0.1, 0.15) is 63.9 Å². The number of benzene rings is 1. The Morgan fingerprint density at radius 3 is 2.62 bits per heavy atom. The third-order valence-corrected chi connectivity index (χ3v) is 7.83. The van der Waals surface area contributed by atoms with Gasteiger partial charge in [-0.3, -0.25) is 9.55 Å². The van der Waals surface area contributed by atoms with Crippen LogP contribution in [0.25, 0.3) is 27.5 Å². The van der Waals surface area contributed by atoms with Crippen molar-refractivity contribution >= 4 is 27.5 Å². The summed E-state index contributed by atoms with van der Waals surface area (Å²) in [7, 11) is 3.55. The van der Waals surface area contributed by atoms with E-state index < -0.39 is 0 Å². The number of nitrogens with one attached hydrogen (secondary N) is 1. The van der Waals surface area contributed by atoms with Crippen LogP contribution in [-0.2, 0) is 16.5 Å². The normalized spacial score (nSPS) is 17.4. The molecular weight excluding hydrogens is 488 g/mol. The van der Waals surface area contributed by atoms with E-state index in [0.717, 1.165) is 58.4 Å². The second-order valence-corrected chi connectivity index (χ2v) is 10.6. The van der Waals surface area contributed by atoms with Crippen molar-refractivity contribution in [1.82, 2.24) is 19.4 Å². The standard InChI is InChI=1S/C26H32N4O2.C6H12O/c1-4-20(10-9-19(2)32-16-8-15-30-13-6-5-7-14-30)21-11-12-23-22(17-21)25-24(18-27-23)29(3)26(31)28-25;1-7-6-4-2-3-5-6/h4,9-12,17-18H,1,5-8,13-16H2,2-3H3,(H,28,31);6H,2-5H2,1H3/b19-9+,20-10+;. The second-order valence-electron chi connectivity index (χ2n) is 10.6. The first-order valence-electron chi connectivity index (χ1n) is 14.4. The maximum atomic E-state index is 12.1. The summed E-state index contributed by atoms with van der Waals surface area (Å²) in [4.78, 5) is 22.0. The molecule has 3 heterocycles. The molecule has 3 aromatic rings. The van der Waals surface area contributed by atoms with Crippen LogP contribution in [-0.4, -0.2) is 58.9 Å². The fraction of sp³-hybridized carbons (Fsp3) is 0.500. The number of fused-ring (bicyclic) bond motifs is 3. The number of nitrogens with zero attached hydrogens (tertiary/aromatic N) is 3. The number of imidazole rings is 1. The van der Waals surface area contributed by atoms with Crippen molar-refractivity contribution in [1.29, 1.82) is 0 Å². The number of piperidine rings is 1. The molecule has 2 aliphatic rings. The van der Waals surface area contributed by atoms with E-state index in [2.05, 4.69) is 27.5 Å². The van der Waals surface area contributed by atoms with Gasteiger partial charge < -0.3 is 19.4 Å². The minimum atomic E-state index is -0.143. The number of likely N-dealkylation sites (tertiary alicyclic amines) is 1. The van der Waals surface area contributed by atoms with Gasteiger partial charge in [-0.15, -0.1) is 0 Å². The number of ether oxygens (including phenoxy) is 2. The molecule has 1 saturated carbocycles. The van der Waals surface area contributed by atoms with E-state index in [1.807, 2.05) is 37.3 Å². The van der Waals surface area contributed by atoms with Crippen molar-refractivity contribution in [2.24, 2.45) is 7.05 Å². The molecule has 210 valence electrons. The van der Waals surface area contributed by atoms with Crippen LogP contribution >= 0.6 is 0 Å². The highest BCUT2D eigenvalue weighted by molar-refractivity contribution is 6.03. The highest BCUT2D eigenvalue weighted by Gasteiger charge is 2.12. The topological polar surface area (TPSA) is 72.4 Å². The fourth-order valence-electron chi connectivity index (χ4n) is 5.41. The summed E-state index contributed by atoms with van der Waals surface area (Å²) in [5.41, 5.74) is 4.29. The fourth-order valence-corrected chi connectivity index (χ4v) is 5.41. The molecule has 0 atom stereocenters. The summed E-state index contributed by atoms with van der Waals surface area (Å²) in [5.74, 6) is 0.889. The summed E-state index contributed by atoms with van der Waals surface area (Å²) in [6.07, 6.45) is 18.6. The van der Waals surface area contributed by atoms with Gasteiger partial charge in [0.1, 0.15) is 0 Å². The number of rotatable bonds is 9. The molecule has 0 radical (unpaired) electrons. The zero-order chi connectivity index (χ0) is 27.6. The number of allylic oxidation sites excluding steroid dienone is 5. The molecule has 0 amide bonds. The van der Waals surface area contributed by atoms with Crippen molar-refractivity contribution in [3.05, 3.63) is 71.0 Å². The van der Waals surface area contributed by atoms with Gasteiger partial charge in [0.2, 0.25) is 0 Å². The molecule has 1 aromatic carbocycles. The molecule has 2 fully saturated rings. The Balaban J connectivity index is 0.000000438. The lowest BCUT2D eigenvalue weighted by molar-refractivity contribution is 0.109. The maximum absolute atomic E-state index is 12.1. The second kappa shape index (κ2) is 14.3. The Kier molecular flexibility index (Phi) is 10.6. The van der Waals surface area contributed by atoms with Gasteiger partial charge in [-0.25, -0.2) is 4.79 Å². The van der Waals surface area contributed by atoms with Gasteiger partial charge in [0.05, 0.1) is 41.2 Å². The largest absolute Gasteiger partial charge is 0.498 e. The van der Waals surface area contributed by atoms with Crippen molar-refractivity contribution in [3.63, 3.8) is 0 Å². The molecule has 5 rings (SSSR count). The van der Waals surface area contributed by atoms with Crippen molar-refractivity contribution in [3.8, 4) is 0 Å². The minimum Gasteiger partial charge on any atom is -0.498 e. The number of aryl methyl sites for hydroxylation is 1. The van der Waals surface area contributed by atoms with Crippen LogP contribution < -0.4 is 5.69 Å². The van der Waals surface area contributed by atoms with E-state index in [1.165, 1.54) is 58.0 Å². The van der Waals surface area contributed by atoms with E-state index in [9.17, 15) is 4.79 Å². The molecule has 1 N–H and O–H groups in total. The van der Waals surface area contributed by atoms with Crippen LogP contribution in [0.5, 0.6) is 0 Å². The molecular formula is C32H44N4O3. The number of hydrogen-bond acceptors (Lipinski definition) is 5. The zero-order valence-corrected chi connectivity index (χ0v) is 23.9. The number of hydrogen-bond donors (Lipinski definition) is 1. The SMILES string of the molecule is C=C/C(=C\C=C(/C)OCCCN1CCCCC1)c1ccc2ncc3c([nH]c(=O)n3C)c2c1.COC1CCCC1. The number of methoxy groups -OCH3 is 1. The predicted octanol–water partition coefficient (Wildman–Crippen LogP) is 6.36. The summed E-state index contributed by atoms with van der Waals surface area (Å²) < 4.78 is 12.6. The zero-order valence-electron chi connectivity index (χ0n) is 23.9. The number of H-pyrrole nitrogens is 1. The molecule has 0 bridgehead atoms. The first-order valence-corrected chi connectivity index (χ1v) is 14.4. The third-order valence-electron chi connectivity index (χ3n) is 7.83. The molecule has 1 saturated heterocycles. The molecule has 0 unspecified atom stereocenters. The van der Waals surface area contributed by atoms with Gasteiger partial charge in [-0.1, -0.05) is 44.1 Å². The lowest BCUT2D eigenvalue weighted by Crippen LogP contribution is -2.31. The van der Waals surface area contributed by atoms with Gasteiger partial charge in [0.15, 0.2) is 0 Å². The monoisotopic (exact) mass is 532 g/mol. The van der Waals surface area contributed by atoms with E-state index in [0.29, 0.717) is 6.10 Å². The van der Waals surface area contributed by atoms with Crippen LogP contribution in [0.4, 0.5) is 0 Å². The highest BCUT2D eigenvalue weighted by atomic mass is 16.5. The molecule has 1 aliphatic heterocycles. The number of aromatic nitrogens is 3. The summed E-state index contributed by atoms with van der Waals surface area (Å²) in [5, 5.41) is 0.917. The lowest BCUT2D eigenvalue weighted by Gasteiger charge is -2.26. The maximum Gasteiger partial charge on any atom is 0.326 e. The van der Waals surface area contributed by atoms with Crippen LogP contribution in [0, 0.1) is 0 Å². The molecule has 0 spiro atoms. The van der Waals surface area contributed by atoms with Crippen molar-refractivity contribution in [2.75, 3.05) is 33.4 Å². The lowest BCUT2D eigenvalue weighted by atomic mass is 10.0. The van der Waals surface area contributed by atoms with Crippen LogP contribution in [0.2, 0.25) is 0 Å². The molecule has 1 aliphatic carbocycles. The smallest absolute Gasteiger partial charge is 0.326 e. The summed E-state index contributed by atoms with van der Waals surface area (Å²) in [6, 6.07) is 6.05. The van der Waals surface area contributed by atoms with Gasteiger partial charge >= 0.3 is 5.69 Å². The van der Waals surface area contributed by atoms with E-state index in [4.69, 9.17) is 9.47 Å². The Morgan fingerprint density at radius 2 is 1.92 bits per heavy atom. The Hall–Kier alpha value is -3.16. The molecule has 39 heavy (non-hydrogen) atoms. The Labute approximate surface area is 232 Å². The van der Waals surface area contributed by atoms with E-state index >= 15 is 0 Å². The van der Waals surface area contributed by atoms with Gasteiger partial charge in [0, 0.05) is 26.1 Å². The molecule has 2 aromatic heterocycles. The minimum absolute atomic E-state index is 0.143. The number of aromatic amines is 1. The Morgan fingerprint density at radius 1 is 1.15 bits per heavy atom. The van der Waals surface area contributed by atoms with Gasteiger partial charge in [-0.2, -0.15) is 0 Å². The highest BCUT2D eigenvalue weighted by Crippen LogP contribution is 2.26. The first-order chi connectivity index (χ1) is 19.0. The number of pyridine rings is 1. The quantitative estimate of drug-likeness (QED) is 0.197. The third kappa shape index (κ3) is 7.70. The van der Waals surface area contributed by atoms with Crippen molar-refractivity contribution in [2.45, 2.75) is 64.4 Å².